The van der Waals surface area contributed by atoms with E-state index in [0.29, 0.717) is 6.42 Å². The van der Waals surface area contributed by atoms with E-state index in [2.05, 4.69) is 22.6 Å². The molecule has 4 heteroatoms. The van der Waals surface area contributed by atoms with Gasteiger partial charge in [0.2, 0.25) is 0 Å². The van der Waals surface area contributed by atoms with Crippen LogP contribution < -0.4 is 0 Å². The first-order valence-corrected chi connectivity index (χ1v) is 7.32. The van der Waals surface area contributed by atoms with Gasteiger partial charge in [0.25, 0.3) is 0 Å². The lowest BCUT2D eigenvalue weighted by Gasteiger charge is -2.05. The SMILES string of the molecule is O=C1Cc2ccc(F)cc2Sc2ccc(I)cc21. The molecule has 0 saturated carbocycles. The molecule has 2 aromatic rings. The summed E-state index contributed by atoms with van der Waals surface area (Å²) in [5, 5.41) is 0. The Morgan fingerprint density at radius 2 is 1.94 bits per heavy atom. The first-order chi connectivity index (χ1) is 8.63. The molecule has 1 heterocycles. The summed E-state index contributed by atoms with van der Waals surface area (Å²) in [4.78, 5) is 13.9. The van der Waals surface area contributed by atoms with E-state index in [4.69, 9.17) is 0 Å². The number of hydrogen-bond acceptors (Lipinski definition) is 2. The molecular weight excluding hydrogens is 362 g/mol. The van der Waals surface area contributed by atoms with E-state index in [1.54, 1.807) is 6.07 Å². The van der Waals surface area contributed by atoms with Crippen LogP contribution in [0.2, 0.25) is 0 Å². The standard InChI is InChI=1S/C14H8FIOS/c15-9-2-1-8-5-12(17)11-7-10(16)3-4-13(11)18-14(8)6-9/h1-4,6-7H,5H2. The number of rotatable bonds is 0. The second-order valence-electron chi connectivity index (χ2n) is 4.09. The van der Waals surface area contributed by atoms with Crippen LogP contribution in [0, 0.1) is 9.39 Å². The average Bonchev–Trinajstić information content (AvgIpc) is 2.46. The molecule has 0 amide bonds. The number of benzene rings is 2. The largest absolute Gasteiger partial charge is 0.294 e. The lowest BCUT2D eigenvalue weighted by Crippen LogP contribution is -2.03. The van der Waals surface area contributed by atoms with Crippen molar-refractivity contribution in [2.45, 2.75) is 16.2 Å². The van der Waals surface area contributed by atoms with Crippen molar-refractivity contribution in [3.05, 3.63) is 56.9 Å². The van der Waals surface area contributed by atoms with Gasteiger partial charge >= 0.3 is 0 Å². The fourth-order valence-electron chi connectivity index (χ4n) is 1.97. The summed E-state index contributed by atoms with van der Waals surface area (Å²) in [5.41, 5.74) is 1.64. The summed E-state index contributed by atoms with van der Waals surface area (Å²) in [6.07, 6.45) is 0.343. The van der Waals surface area contributed by atoms with Crippen LogP contribution in [-0.4, -0.2) is 5.78 Å². The zero-order chi connectivity index (χ0) is 12.7. The minimum atomic E-state index is -0.261. The summed E-state index contributed by atoms with van der Waals surface area (Å²) in [5.74, 6) is -0.163. The summed E-state index contributed by atoms with van der Waals surface area (Å²) in [6, 6.07) is 10.4. The molecule has 0 N–H and O–H groups in total. The van der Waals surface area contributed by atoms with Crippen LogP contribution in [0.4, 0.5) is 4.39 Å². The van der Waals surface area contributed by atoms with E-state index in [1.807, 2.05) is 18.2 Å². The van der Waals surface area contributed by atoms with Crippen molar-refractivity contribution >= 4 is 40.1 Å². The summed E-state index contributed by atoms with van der Waals surface area (Å²) in [6.45, 7) is 0. The summed E-state index contributed by atoms with van der Waals surface area (Å²) < 4.78 is 14.3. The number of halogens is 2. The van der Waals surface area contributed by atoms with Crippen molar-refractivity contribution in [1.82, 2.24) is 0 Å². The summed E-state index contributed by atoms with van der Waals surface area (Å²) in [7, 11) is 0. The molecule has 3 rings (SSSR count). The Morgan fingerprint density at radius 3 is 2.78 bits per heavy atom. The third kappa shape index (κ3) is 2.19. The van der Waals surface area contributed by atoms with Gasteiger partial charge in [0.05, 0.1) is 0 Å². The third-order valence-electron chi connectivity index (χ3n) is 2.84. The zero-order valence-corrected chi connectivity index (χ0v) is 12.2. The molecule has 0 atom stereocenters. The highest BCUT2D eigenvalue weighted by atomic mass is 127. The maximum Gasteiger partial charge on any atom is 0.168 e. The van der Waals surface area contributed by atoms with Crippen molar-refractivity contribution in [3.63, 3.8) is 0 Å². The van der Waals surface area contributed by atoms with Gasteiger partial charge in [-0.1, -0.05) is 17.8 Å². The topological polar surface area (TPSA) is 17.1 Å². The van der Waals surface area contributed by atoms with Gasteiger partial charge in [-0.05, 0) is 58.5 Å². The minimum absolute atomic E-state index is 0.0985. The first kappa shape index (κ1) is 12.2. The van der Waals surface area contributed by atoms with E-state index in [1.165, 1.54) is 23.9 Å². The van der Waals surface area contributed by atoms with Crippen molar-refractivity contribution in [2.24, 2.45) is 0 Å². The quantitative estimate of drug-likeness (QED) is 0.643. The van der Waals surface area contributed by atoms with Crippen molar-refractivity contribution in [3.8, 4) is 0 Å². The lowest BCUT2D eigenvalue weighted by atomic mass is 10.0. The van der Waals surface area contributed by atoms with Gasteiger partial charge in [0, 0.05) is 25.3 Å². The second-order valence-corrected chi connectivity index (χ2v) is 6.42. The molecule has 0 bridgehead atoms. The molecule has 1 aliphatic heterocycles. The van der Waals surface area contributed by atoms with Gasteiger partial charge in [-0.3, -0.25) is 4.79 Å². The molecule has 18 heavy (non-hydrogen) atoms. The maximum absolute atomic E-state index is 13.3. The highest BCUT2D eigenvalue weighted by Gasteiger charge is 2.20. The Balaban J connectivity index is 2.17. The van der Waals surface area contributed by atoms with E-state index in [0.717, 1.165) is 24.5 Å². The van der Waals surface area contributed by atoms with Crippen LogP contribution in [0.3, 0.4) is 0 Å². The molecule has 1 nitrogen and oxygen atoms in total. The molecule has 1 aliphatic rings. The first-order valence-electron chi connectivity index (χ1n) is 5.42. The molecule has 2 aromatic carbocycles. The monoisotopic (exact) mass is 370 g/mol. The van der Waals surface area contributed by atoms with Crippen LogP contribution in [0.1, 0.15) is 15.9 Å². The fourth-order valence-corrected chi connectivity index (χ4v) is 3.55. The van der Waals surface area contributed by atoms with Gasteiger partial charge in [-0.2, -0.15) is 0 Å². The van der Waals surface area contributed by atoms with Gasteiger partial charge in [-0.25, -0.2) is 4.39 Å². The number of Topliss-reactive ketones (excluding diaryl/α,β-unsaturated/α-hetero) is 1. The van der Waals surface area contributed by atoms with E-state index >= 15 is 0 Å². The molecular formula is C14H8FIOS. The third-order valence-corrected chi connectivity index (χ3v) is 4.69. The Kier molecular flexibility index (Phi) is 3.15. The number of hydrogen-bond donors (Lipinski definition) is 0. The molecule has 0 aromatic heterocycles. The minimum Gasteiger partial charge on any atom is -0.294 e. The molecule has 0 saturated heterocycles. The van der Waals surface area contributed by atoms with Crippen molar-refractivity contribution in [1.29, 1.82) is 0 Å². The number of carbonyl (C=O) groups excluding carboxylic acids is 1. The average molecular weight is 370 g/mol. The maximum atomic E-state index is 13.3. The Morgan fingerprint density at radius 1 is 1.11 bits per heavy atom. The predicted molar refractivity (Wildman–Crippen MR) is 77.7 cm³/mol. The van der Waals surface area contributed by atoms with E-state index in [-0.39, 0.29) is 11.6 Å². The summed E-state index contributed by atoms with van der Waals surface area (Å²) >= 11 is 3.66. The second kappa shape index (κ2) is 4.66. The van der Waals surface area contributed by atoms with E-state index in [9.17, 15) is 9.18 Å². The Hall–Kier alpha value is -0.880. The molecule has 0 radical (unpaired) electrons. The molecule has 90 valence electrons. The predicted octanol–water partition coefficient (Wildman–Crippen LogP) is 4.32. The van der Waals surface area contributed by atoms with Gasteiger partial charge in [-0.15, -0.1) is 0 Å². The van der Waals surface area contributed by atoms with Crippen LogP contribution in [-0.2, 0) is 6.42 Å². The van der Waals surface area contributed by atoms with Crippen LogP contribution in [0.15, 0.2) is 46.2 Å². The zero-order valence-electron chi connectivity index (χ0n) is 9.24. The molecule has 0 spiro atoms. The van der Waals surface area contributed by atoms with E-state index < -0.39 is 0 Å². The van der Waals surface area contributed by atoms with Gasteiger partial charge in [0.15, 0.2) is 5.78 Å². The Bertz CT molecular complexity index is 654. The smallest absolute Gasteiger partial charge is 0.168 e. The van der Waals surface area contributed by atoms with Crippen molar-refractivity contribution < 1.29 is 9.18 Å². The number of carbonyl (C=O) groups is 1. The Labute approximate surface area is 122 Å². The normalized spacial score (nSPS) is 13.8. The highest BCUT2D eigenvalue weighted by Crippen LogP contribution is 2.37. The number of ketones is 1. The van der Waals surface area contributed by atoms with Gasteiger partial charge in [0.1, 0.15) is 5.82 Å². The molecule has 0 aliphatic carbocycles. The lowest BCUT2D eigenvalue weighted by molar-refractivity contribution is 0.0990. The fraction of sp³-hybridized carbons (Fsp3) is 0.0714. The van der Waals surface area contributed by atoms with Gasteiger partial charge < -0.3 is 0 Å². The van der Waals surface area contributed by atoms with Crippen LogP contribution in [0.25, 0.3) is 0 Å². The highest BCUT2D eigenvalue weighted by molar-refractivity contribution is 14.1. The van der Waals surface area contributed by atoms with Crippen LogP contribution in [0.5, 0.6) is 0 Å². The molecule has 0 fully saturated rings. The molecule has 0 unspecified atom stereocenters. The number of fused-ring (bicyclic) bond motifs is 2. The van der Waals surface area contributed by atoms with Crippen molar-refractivity contribution in [2.75, 3.05) is 0 Å². The van der Waals surface area contributed by atoms with Crippen LogP contribution >= 0.6 is 34.4 Å².